The first-order valence-corrected chi connectivity index (χ1v) is 4.82. The second-order valence-corrected chi connectivity index (χ2v) is 3.38. The molecule has 88 valence electrons. The number of carboxylic acids is 1. The fourth-order valence-electron chi connectivity index (χ4n) is 1.39. The average Bonchev–Trinajstić information content (AvgIpc) is 2.41. The Morgan fingerprint density at radius 1 is 1.44 bits per heavy atom. The van der Waals surface area contributed by atoms with Crippen molar-refractivity contribution in [2.45, 2.75) is 32.3 Å². The first kappa shape index (κ1) is 12.2. The monoisotopic (exact) mass is 226 g/mol. The van der Waals surface area contributed by atoms with Gasteiger partial charge in [-0.3, -0.25) is 4.79 Å². The molecule has 1 rings (SSSR count). The Hall–Kier alpha value is -1.85. The van der Waals surface area contributed by atoms with Crippen molar-refractivity contribution in [1.29, 1.82) is 0 Å². The van der Waals surface area contributed by atoms with Crippen LogP contribution in [-0.4, -0.2) is 23.8 Å². The average molecular weight is 226 g/mol. The number of Topliss-reactive ketones (excluding diaryl/α,β-unsaturated/α-hetero) is 1. The number of ether oxygens (including phenoxy) is 1. The van der Waals surface area contributed by atoms with Crippen molar-refractivity contribution in [3.63, 3.8) is 0 Å². The first-order valence-electron chi connectivity index (χ1n) is 4.82. The highest BCUT2D eigenvalue weighted by atomic mass is 16.6. The molecule has 0 N–H and O–H groups in total. The summed E-state index contributed by atoms with van der Waals surface area (Å²) in [6.07, 6.45) is -1.57. The van der Waals surface area contributed by atoms with Crippen molar-refractivity contribution in [2.24, 2.45) is 0 Å². The molecule has 0 aliphatic carbocycles. The second-order valence-electron chi connectivity index (χ2n) is 3.38. The number of cyclic esters (lactones) is 1. The van der Waals surface area contributed by atoms with Gasteiger partial charge in [0.2, 0.25) is 0 Å². The van der Waals surface area contributed by atoms with Gasteiger partial charge in [-0.2, -0.15) is 0 Å². The van der Waals surface area contributed by atoms with E-state index in [-0.39, 0.29) is 6.42 Å². The summed E-state index contributed by atoms with van der Waals surface area (Å²) in [6.45, 7) is 1.72. The molecular weight excluding hydrogens is 216 g/mol. The summed E-state index contributed by atoms with van der Waals surface area (Å²) < 4.78 is 4.50. The standard InChI is InChI=1S/C10H12O6/c1-2-3-5(11)8-9(14)6(4-7(12)13)16-10(8)15/h6,14H,2-4H2,1H3,(H,12,13)/p-2. The molecule has 1 heterocycles. The largest absolute Gasteiger partial charge is 0.872 e. The van der Waals surface area contributed by atoms with Crippen LogP contribution in [0.1, 0.15) is 26.2 Å². The van der Waals surface area contributed by atoms with Gasteiger partial charge in [0.05, 0.1) is 5.57 Å². The maximum atomic E-state index is 11.5. The number of carbonyl (C=O) groups is 3. The molecule has 6 heteroatoms. The van der Waals surface area contributed by atoms with Crippen molar-refractivity contribution < 1.29 is 29.3 Å². The Bertz CT molecular complexity index is 368. The Kier molecular flexibility index (Phi) is 3.65. The maximum absolute atomic E-state index is 11.5. The van der Waals surface area contributed by atoms with Gasteiger partial charge in [-0.05, 0) is 6.42 Å². The van der Waals surface area contributed by atoms with Crippen molar-refractivity contribution in [3.8, 4) is 0 Å². The summed E-state index contributed by atoms with van der Waals surface area (Å²) in [4.78, 5) is 32.8. The molecule has 1 unspecified atom stereocenters. The smallest absolute Gasteiger partial charge is 0.341 e. The third-order valence-electron chi connectivity index (χ3n) is 2.10. The third-order valence-corrected chi connectivity index (χ3v) is 2.10. The Morgan fingerprint density at radius 2 is 2.06 bits per heavy atom. The lowest BCUT2D eigenvalue weighted by atomic mass is 10.1. The predicted octanol–water partition coefficient (Wildman–Crippen LogP) is -1.96. The van der Waals surface area contributed by atoms with Crippen molar-refractivity contribution in [2.75, 3.05) is 0 Å². The van der Waals surface area contributed by atoms with Crippen molar-refractivity contribution >= 4 is 17.7 Å². The van der Waals surface area contributed by atoms with Crippen LogP contribution in [0.2, 0.25) is 0 Å². The quantitative estimate of drug-likeness (QED) is 0.398. The number of hydrogen-bond donors (Lipinski definition) is 0. The van der Waals surface area contributed by atoms with Gasteiger partial charge >= 0.3 is 5.97 Å². The molecule has 1 atom stereocenters. The lowest BCUT2D eigenvalue weighted by Gasteiger charge is -2.17. The van der Waals surface area contributed by atoms with Crippen molar-refractivity contribution in [1.82, 2.24) is 0 Å². The first-order chi connectivity index (χ1) is 7.47. The number of rotatable bonds is 5. The highest BCUT2D eigenvalue weighted by molar-refractivity contribution is 6.19. The van der Waals surface area contributed by atoms with E-state index in [1.165, 1.54) is 0 Å². The molecule has 6 nitrogen and oxygen atoms in total. The van der Waals surface area contributed by atoms with E-state index < -0.39 is 41.6 Å². The maximum Gasteiger partial charge on any atom is 0.341 e. The van der Waals surface area contributed by atoms with Gasteiger partial charge in [0, 0.05) is 18.8 Å². The minimum Gasteiger partial charge on any atom is -0.872 e. The van der Waals surface area contributed by atoms with Crippen LogP contribution in [0.5, 0.6) is 0 Å². The van der Waals surface area contributed by atoms with E-state index in [1.54, 1.807) is 6.92 Å². The molecule has 1 aliphatic heterocycles. The summed E-state index contributed by atoms with van der Waals surface area (Å²) >= 11 is 0. The molecule has 0 aromatic heterocycles. The minimum atomic E-state index is -1.50. The van der Waals surface area contributed by atoms with Gasteiger partial charge in [0.15, 0.2) is 5.78 Å². The predicted molar refractivity (Wildman–Crippen MR) is 46.4 cm³/mol. The zero-order chi connectivity index (χ0) is 12.3. The Labute approximate surface area is 91.5 Å². The van der Waals surface area contributed by atoms with E-state index in [9.17, 15) is 24.6 Å². The minimum absolute atomic E-state index is 0.0637. The van der Waals surface area contributed by atoms with E-state index in [2.05, 4.69) is 4.74 Å². The lowest BCUT2D eigenvalue weighted by molar-refractivity contribution is -0.326. The topological polar surface area (TPSA) is 107 Å². The van der Waals surface area contributed by atoms with E-state index in [0.717, 1.165) is 0 Å². The normalized spacial score (nSPS) is 19.8. The van der Waals surface area contributed by atoms with Crippen LogP contribution in [0.15, 0.2) is 11.3 Å². The van der Waals surface area contributed by atoms with Crippen molar-refractivity contribution in [3.05, 3.63) is 11.3 Å². The SMILES string of the molecule is CCCC(=O)C1=C([O-])C(CC(=O)[O-])OC1=O. The molecule has 0 fully saturated rings. The molecule has 0 saturated heterocycles. The second kappa shape index (κ2) is 4.78. The number of carboxylic acid groups (broad SMARTS) is 1. The number of hydrogen-bond acceptors (Lipinski definition) is 6. The van der Waals surface area contributed by atoms with E-state index in [4.69, 9.17) is 0 Å². The highest BCUT2D eigenvalue weighted by Gasteiger charge is 2.32. The van der Waals surface area contributed by atoms with Gasteiger partial charge < -0.3 is 19.7 Å². The summed E-state index contributed by atoms with van der Waals surface area (Å²) in [5.41, 5.74) is -0.548. The molecule has 0 radical (unpaired) electrons. The fourth-order valence-corrected chi connectivity index (χ4v) is 1.39. The number of esters is 1. The molecule has 1 aliphatic rings. The molecular formula is C10H10O6-2. The summed E-state index contributed by atoms with van der Waals surface area (Å²) in [7, 11) is 0. The van der Waals surface area contributed by atoms with Crippen LogP contribution in [0, 0.1) is 0 Å². The molecule has 0 aromatic rings. The molecule has 0 amide bonds. The molecule has 0 bridgehead atoms. The number of carbonyl (C=O) groups excluding carboxylic acids is 3. The van der Waals surface area contributed by atoms with Gasteiger partial charge in [-0.15, -0.1) is 0 Å². The number of aliphatic carboxylic acids is 1. The zero-order valence-corrected chi connectivity index (χ0v) is 8.65. The van der Waals surface area contributed by atoms with Gasteiger partial charge in [-0.25, -0.2) is 4.79 Å². The van der Waals surface area contributed by atoms with E-state index >= 15 is 0 Å². The van der Waals surface area contributed by atoms with Crippen LogP contribution in [0.4, 0.5) is 0 Å². The van der Waals surface area contributed by atoms with Crippen LogP contribution < -0.4 is 10.2 Å². The van der Waals surface area contributed by atoms with Crippen LogP contribution in [-0.2, 0) is 19.1 Å². The van der Waals surface area contributed by atoms with Crippen LogP contribution in [0.25, 0.3) is 0 Å². The summed E-state index contributed by atoms with van der Waals surface area (Å²) in [5, 5.41) is 21.7. The van der Waals surface area contributed by atoms with Gasteiger partial charge in [-0.1, -0.05) is 12.7 Å². The zero-order valence-electron chi connectivity index (χ0n) is 8.65. The van der Waals surface area contributed by atoms with Gasteiger partial charge in [0.25, 0.3) is 0 Å². The number of ketones is 1. The fraction of sp³-hybridized carbons (Fsp3) is 0.500. The molecule has 16 heavy (non-hydrogen) atoms. The van der Waals surface area contributed by atoms with E-state index in [0.29, 0.717) is 6.42 Å². The molecule has 0 aromatic carbocycles. The van der Waals surface area contributed by atoms with Gasteiger partial charge in [0.1, 0.15) is 6.10 Å². The summed E-state index contributed by atoms with van der Waals surface area (Å²) in [5.74, 6) is -3.99. The van der Waals surface area contributed by atoms with Crippen LogP contribution in [0.3, 0.4) is 0 Å². The Balaban J connectivity index is 2.88. The highest BCUT2D eigenvalue weighted by Crippen LogP contribution is 2.22. The molecule has 0 spiro atoms. The third kappa shape index (κ3) is 2.39. The Morgan fingerprint density at radius 3 is 2.56 bits per heavy atom. The molecule has 0 saturated carbocycles. The van der Waals surface area contributed by atoms with E-state index in [1.807, 2.05) is 0 Å². The lowest BCUT2D eigenvalue weighted by Crippen LogP contribution is -2.31. The summed E-state index contributed by atoms with van der Waals surface area (Å²) in [6, 6.07) is 0. The van der Waals surface area contributed by atoms with Crippen LogP contribution >= 0.6 is 0 Å².